The summed E-state index contributed by atoms with van der Waals surface area (Å²) in [7, 11) is -9.90. The maximum atomic E-state index is 13.0. The Kier molecular flexibility index (Phi) is 61.8. The van der Waals surface area contributed by atoms with E-state index in [1.165, 1.54) is 167 Å². The van der Waals surface area contributed by atoms with Gasteiger partial charge in [0.25, 0.3) is 0 Å². The van der Waals surface area contributed by atoms with Crippen LogP contribution in [0, 0.1) is 11.8 Å². The fourth-order valence-electron chi connectivity index (χ4n) is 10.8. The predicted octanol–water partition coefficient (Wildman–Crippen LogP) is 20.4. The van der Waals surface area contributed by atoms with Crippen LogP contribution in [0.4, 0.5) is 0 Å². The SMILES string of the molecule is CCCCCCCCCCCCCCCCCC(=O)OC[C@H](COP(=O)(O)OC[C@@H](O)COP(=O)(O)OC[C@@H](COC(=O)CCCCCCCCC)OC(=O)CCCCCCCCCC(C)C)OC(=O)CCCCCCCCCCCCCCCCCC(C)C. The number of aliphatic hydroxyl groups excluding tert-OH is 1. The molecule has 0 aromatic heterocycles. The highest BCUT2D eigenvalue weighted by molar-refractivity contribution is 7.47. The largest absolute Gasteiger partial charge is 0.472 e. The quantitative estimate of drug-likeness (QED) is 0.0222. The van der Waals surface area contributed by atoms with E-state index in [-0.39, 0.29) is 25.7 Å². The van der Waals surface area contributed by atoms with Crippen molar-refractivity contribution in [2.75, 3.05) is 39.6 Å². The number of esters is 4. The molecule has 19 heteroatoms. The Morgan fingerprint density at radius 1 is 0.300 bits per heavy atom. The molecule has 0 rings (SSSR count). The average Bonchev–Trinajstić information content (AvgIpc) is 2.87. The van der Waals surface area contributed by atoms with Crippen LogP contribution in [0.1, 0.15) is 363 Å². The van der Waals surface area contributed by atoms with Crippen molar-refractivity contribution >= 4 is 39.5 Å². The Hall–Kier alpha value is -1.94. The maximum absolute atomic E-state index is 13.0. The third-order valence-corrected chi connectivity index (χ3v) is 18.4. The summed E-state index contributed by atoms with van der Waals surface area (Å²) in [5.41, 5.74) is 0. The van der Waals surface area contributed by atoms with Gasteiger partial charge in [-0.2, -0.15) is 0 Å². The second kappa shape index (κ2) is 63.1. The van der Waals surface area contributed by atoms with E-state index in [4.69, 9.17) is 37.0 Å². The van der Waals surface area contributed by atoms with Crippen LogP contribution in [0.3, 0.4) is 0 Å². The number of phosphoric acid groups is 2. The van der Waals surface area contributed by atoms with E-state index in [9.17, 15) is 43.2 Å². The molecule has 0 saturated heterocycles. The molecule has 0 aliphatic carbocycles. The molecule has 0 heterocycles. The number of unbranched alkanes of at least 4 members (excludes halogenated alkanes) is 40. The van der Waals surface area contributed by atoms with E-state index in [2.05, 4.69) is 41.5 Å². The van der Waals surface area contributed by atoms with E-state index in [1.807, 2.05) is 0 Å². The van der Waals surface area contributed by atoms with Crippen molar-refractivity contribution in [2.45, 2.75) is 381 Å². The number of aliphatic hydroxyl groups is 1. The zero-order valence-corrected chi connectivity index (χ0v) is 60.2. The van der Waals surface area contributed by atoms with Gasteiger partial charge in [-0.15, -0.1) is 0 Å². The topological polar surface area (TPSA) is 237 Å². The van der Waals surface area contributed by atoms with Gasteiger partial charge in [0.2, 0.25) is 0 Å². The Morgan fingerprint density at radius 2 is 0.511 bits per heavy atom. The number of rotatable bonds is 70. The van der Waals surface area contributed by atoms with Crippen molar-refractivity contribution in [1.82, 2.24) is 0 Å². The lowest BCUT2D eigenvalue weighted by Crippen LogP contribution is -2.30. The summed E-state index contributed by atoms with van der Waals surface area (Å²) in [5, 5.41) is 10.6. The van der Waals surface area contributed by atoms with Crippen LogP contribution < -0.4 is 0 Å². The number of ether oxygens (including phenoxy) is 4. The lowest BCUT2D eigenvalue weighted by molar-refractivity contribution is -0.161. The van der Waals surface area contributed by atoms with Crippen molar-refractivity contribution in [3.05, 3.63) is 0 Å². The Bertz CT molecular complexity index is 1750. The van der Waals surface area contributed by atoms with Crippen LogP contribution in [0.5, 0.6) is 0 Å². The second-order valence-corrected chi connectivity index (χ2v) is 29.5. The molecule has 0 bridgehead atoms. The molecule has 0 aliphatic rings. The first kappa shape index (κ1) is 88.1. The van der Waals surface area contributed by atoms with Crippen LogP contribution in [-0.4, -0.2) is 96.7 Å². The zero-order chi connectivity index (χ0) is 66.5. The van der Waals surface area contributed by atoms with Crippen molar-refractivity contribution in [3.63, 3.8) is 0 Å². The van der Waals surface area contributed by atoms with Crippen LogP contribution in [0.2, 0.25) is 0 Å². The van der Waals surface area contributed by atoms with Crippen LogP contribution in [-0.2, 0) is 65.4 Å². The molecule has 0 amide bonds. The number of carbonyl (C=O) groups excluding carboxylic acids is 4. The zero-order valence-electron chi connectivity index (χ0n) is 58.4. The van der Waals surface area contributed by atoms with Gasteiger partial charge in [-0.25, -0.2) is 9.13 Å². The third-order valence-electron chi connectivity index (χ3n) is 16.5. The van der Waals surface area contributed by atoms with Gasteiger partial charge in [0, 0.05) is 25.7 Å². The molecular formula is C71H138O17P2. The molecule has 5 atom stereocenters. The minimum Gasteiger partial charge on any atom is -0.462 e. The van der Waals surface area contributed by atoms with Gasteiger partial charge in [0.05, 0.1) is 26.4 Å². The first-order chi connectivity index (χ1) is 43.4. The minimum absolute atomic E-state index is 0.103. The average molecular weight is 1330 g/mol. The van der Waals surface area contributed by atoms with E-state index in [0.717, 1.165) is 109 Å². The summed E-state index contributed by atoms with van der Waals surface area (Å²) < 4.78 is 68.2. The predicted molar refractivity (Wildman–Crippen MR) is 363 cm³/mol. The Labute approximate surface area is 549 Å². The lowest BCUT2D eigenvalue weighted by atomic mass is 10.0. The molecule has 0 aliphatic heterocycles. The number of phosphoric ester groups is 2. The summed E-state index contributed by atoms with van der Waals surface area (Å²) in [6, 6.07) is 0. The van der Waals surface area contributed by atoms with Crippen LogP contribution in [0.15, 0.2) is 0 Å². The first-order valence-electron chi connectivity index (χ1n) is 37.0. The smallest absolute Gasteiger partial charge is 0.462 e. The monoisotopic (exact) mass is 1320 g/mol. The lowest BCUT2D eigenvalue weighted by Gasteiger charge is -2.21. The van der Waals surface area contributed by atoms with Crippen LogP contribution >= 0.6 is 15.6 Å². The molecule has 2 unspecified atom stereocenters. The molecule has 0 fully saturated rings. The second-order valence-electron chi connectivity index (χ2n) is 26.6. The highest BCUT2D eigenvalue weighted by atomic mass is 31.2. The van der Waals surface area contributed by atoms with E-state index in [1.54, 1.807) is 0 Å². The van der Waals surface area contributed by atoms with Crippen molar-refractivity contribution in [3.8, 4) is 0 Å². The summed E-state index contributed by atoms with van der Waals surface area (Å²) in [6.07, 6.45) is 48.8. The van der Waals surface area contributed by atoms with Gasteiger partial charge >= 0.3 is 39.5 Å². The van der Waals surface area contributed by atoms with Crippen molar-refractivity contribution in [1.29, 1.82) is 0 Å². The summed E-state index contributed by atoms with van der Waals surface area (Å²) >= 11 is 0. The molecule has 0 aromatic rings. The molecule has 534 valence electrons. The molecule has 0 spiro atoms. The van der Waals surface area contributed by atoms with Gasteiger partial charge in [0.15, 0.2) is 12.2 Å². The van der Waals surface area contributed by atoms with Gasteiger partial charge in [-0.3, -0.25) is 37.3 Å². The molecule has 0 aromatic carbocycles. The fraction of sp³-hybridized carbons (Fsp3) is 0.944. The molecule has 17 nitrogen and oxygen atoms in total. The summed E-state index contributed by atoms with van der Waals surface area (Å²) in [6.45, 7) is 9.48. The first-order valence-corrected chi connectivity index (χ1v) is 40.0. The van der Waals surface area contributed by atoms with Crippen molar-refractivity contribution < 1.29 is 80.2 Å². The Morgan fingerprint density at radius 3 is 0.756 bits per heavy atom. The van der Waals surface area contributed by atoms with Crippen molar-refractivity contribution in [2.24, 2.45) is 11.8 Å². The molecular weight excluding hydrogens is 1190 g/mol. The van der Waals surface area contributed by atoms with Gasteiger partial charge in [-0.1, -0.05) is 311 Å². The Balaban J connectivity index is 5.19. The molecule has 90 heavy (non-hydrogen) atoms. The third kappa shape index (κ3) is 64.8. The standard InChI is InChI=1S/C71H138O17P2/c1-7-9-11-13-15-16-17-18-20-24-27-30-36-42-48-54-69(74)82-60-67(87-70(75)55-49-43-37-31-28-25-22-19-21-23-26-29-34-39-45-51-63(3)4)62-86-90(79,80)84-58-65(72)57-83-89(77,78)85-61-66(59-81-68(73)53-47-41-33-14-12-10-8-2)88-71(76)56-50-44-38-32-35-40-46-52-64(5)6/h63-67,72H,7-62H2,1-6H3,(H,77,78)(H,79,80)/t65-,66+,67+/m0/s1. The van der Waals surface area contributed by atoms with E-state index < -0.39 is 97.5 Å². The minimum atomic E-state index is -4.95. The maximum Gasteiger partial charge on any atom is 0.472 e. The van der Waals surface area contributed by atoms with E-state index >= 15 is 0 Å². The molecule has 3 N–H and O–H groups in total. The van der Waals surface area contributed by atoms with Crippen LogP contribution in [0.25, 0.3) is 0 Å². The van der Waals surface area contributed by atoms with E-state index in [0.29, 0.717) is 31.6 Å². The number of carbonyl (C=O) groups is 4. The normalized spacial score (nSPS) is 14.1. The number of hydrogen-bond donors (Lipinski definition) is 3. The highest BCUT2D eigenvalue weighted by Gasteiger charge is 2.30. The molecule has 0 saturated carbocycles. The fourth-order valence-corrected chi connectivity index (χ4v) is 12.3. The molecule has 0 radical (unpaired) electrons. The van der Waals surface area contributed by atoms with Gasteiger partial charge in [0.1, 0.15) is 19.3 Å². The summed E-state index contributed by atoms with van der Waals surface area (Å²) in [5.74, 6) is -0.630. The van der Waals surface area contributed by atoms with Gasteiger partial charge in [-0.05, 0) is 37.5 Å². The number of hydrogen-bond acceptors (Lipinski definition) is 15. The van der Waals surface area contributed by atoms with Gasteiger partial charge < -0.3 is 33.8 Å². The summed E-state index contributed by atoms with van der Waals surface area (Å²) in [4.78, 5) is 72.4. The highest BCUT2D eigenvalue weighted by Crippen LogP contribution is 2.45.